The van der Waals surface area contributed by atoms with Gasteiger partial charge in [0.05, 0.1) is 5.69 Å². The van der Waals surface area contributed by atoms with Crippen LogP contribution >= 0.6 is 17.0 Å². The molecule has 0 unspecified atom stereocenters. The van der Waals surface area contributed by atoms with Gasteiger partial charge in [0.2, 0.25) is 0 Å². The molecule has 2 heterocycles. The lowest BCUT2D eigenvalue weighted by Gasteiger charge is -2.17. The highest BCUT2D eigenvalue weighted by Crippen LogP contribution is 2.26. The topological polar surface area (TPSA) is 17.8 Å². The van der Waals surface area contributed by atoms with Gasteiger partial charge in [-0.1, -0.05) is 24.3 Å². The average molecular weight is 345 g/mol. The number of benzene rings is 2. The SMILES string of the molecule is Br.Fc1ccc(-c2cn3c(n2)Cc2ccccc2C3)cc1. The van der Waals surface area contributed by atoms with E-state index in [1.165, 1.54) is 23.3 Å². The van der Waals surface area contributed by atoms with E-state index in [0.29, 0.717) is 0 Å². The third-order valence-corrected chi connectivity index (χ3v) is 3.81. The van der Waals surface area contributed by atoms with E-state index in [1.807, 2.05) is 0 Å². The number of aromatic nitrogens is 2. The number of imidazole rings is 1. The zero-order valence-electron chi connectivity index (χ0n) is 11.3. The molecular weight excluding hydrogens is 331 g/mol. The van der Waals surface area contributed by atoms with E-state index in [0.717, 1.165) is 30.0 Å². The molecule has 0 bridgehead atoms. The number of hydrogen-bond donors (Lipinski definition) is 0. The molecular formula is C17H14BrFN2. The van der Waals surface area contributed by atoms with Crippen LogP contribution in [0.3, 0.4) is 0 Å². The van der Waals surface area contributed by atoms with Crippen molar-refractivity contribution in [1.29, 1.82) is 0 Å². The van der Waals surface area contributed by atoms with Gasteiger partial charge in [0, 0.05) is 24.7 Å². The van der Waals surface area contributed by atoms with Crippen molar-refractivity contribution < 1.29 is 4.39 Å². The maximum atomic E-state index is 13.0. The lowest BCUT2D eigenvalue weighted by Crippen LogP contribution is -2.13. The van der Waals surface area contributed by atoms with Gasteiger partial charge < -0.3 is 4.57 Å². The predicted molar refractivity (Wildman–Crippen MR) is 86.3 cm³/mol. The number of hydrogen-bond acceptors (Lipinski definition) is 1. The monoisotopic (exact) mass is 344 g/mol. The molecule has 2 nitrogen and oxygen atoms in total. The lowest BCUT2D eigenvalue weighted by molar-refractivity contribution is 0.628. The van der Waals surface area contributed by atoms with Crippen LogP contribution in [0.2, 0.25) is 0 Å². The van der Waals surface area contributed by atoms with Crippen molar-refractivity contribution in [3.8, 4) is 11.3 Å². The highest BCUT2D eigenvalue weighted by atomic mass is 79.9. The lowest BCUT2D eigenvalue weighted by atomic mass is 10.0. The van der Waals surface area contributed by atoms with Crippen molar-refractivity contribution in [3.05, 3.63) is 77.5 Å². The first kappa shape index (κ1) is 14.0. The van der Waals surface area contributed by atoms with Crippen LogP contribution in [-0.4, -0.2) is 9.55 Å². The van der Waals surface area contributed by atoms with Crippen LogP contribution in [0.15, 0.2) is 54.7 Å². The van der Waals surface area contributed by atoms with Crippen molar-refractivity contribution in [2.45, 2.75) is 13.0 Å². The summed E-state index contributed by atoms with van der Waals surface area (Å²) in [6.45, 7) is 0.861. The highest BCUT2D eigenvalue weighted by Gasteiger charge is 2.17. The van der Waals surface area contributed by atoms with Gasteiger partial charge in [0.25, 0.3) is 0 Å². The van der Waals surface area contributed by atoms with Gasteiger partial charge in [-0.25, -0.2) is 9.37 Å². The van der Waals surface area contributed by atoms with Crippen molar-refractivity contribution in [2.75, 3.05) is 0 Å². The van der Waals surface area contributed by atoms with Crippen LogP contribution in [0.25, 0.3) is 11.3 Å². The molecule has 0 fully saturated rings. The summed E-state index contributed by atoms with van der Waals surface area (Å²) in [4.78, 5) is 4.69. The van der Waals surface area contributed by atoms with Crippen molar-refractivity contribution >= 4 is 17.0 Å². The summed E-state index contributed by atoms with van der Waals surface area (Å²) >= 11 is 0. The Morgan fingerprint density at radius 3 is 2.43 bits per heavy atom. The van der Waals surface area contributed by atoms with E-state index >= 15 is 0 Å². The van der Waals surface area contributed by atoms with Gasteiger partial charge in [-0.3, -0.25) is 0 Å². The van der Waals surface area contributed by atoms with Crippen LogP contribution in [0.4, 0.5) is 4.39 Å². The van der Waals surface area contributed by atoms with Crippen LogP contribution in [0.1, 0.15) is 17.0 Å². The minimum Gasteiger partial charge on any atom is -0.330 e. The predicted octanol–water partition coefficient (Wildman–Crippen LogP) is 4.22. The fraction of sp³-hybridized carbons (Fsp3) is 0.118. The molecule has 0 radical (unpaired) electrons. The minimum atomic E-state index is -0.217. The van der Waals surface area contributed by atoms with E-state index in [2.05, 4.69) is 35.0 Å². The molecule has 0 amide bonds. The Bertz CT molecular complexity index is 735. The standard InChI is InChI=1S/C17H13FN2.BrH/c18-15-7-5-12(6-8-15)16-11-20-10-14-4-2-1-3-13(14)9-17(20)19-16;/h1-8,11H,9-10H2;1H. The Labute approximate surface area is 133 Å². The zero-order valence-corrected chi connectivity index (χ0v) is 13.0. The van der Waals surface area contributed by atoms with Gasteiger partial charge in [0.15, 0.2) is 0 Å². The Balaban J connectivity index is 0.00000132. The minimum absolute atomic E-state index is 0. The molecule has 3 aromatic rings. The second kappa shape index (κ2) is 5.45. The van der Waals surface area contributed by atoms with E-state index in [-0.39, 0.29) is 22.8 Å². The molecule has 0 saturated carbocycles. The summed E-state index contributed by atoms with van der Waals surface area (Å²) in [5.41, 5.74) is 4.56. The first-order valence-corrected chi connectivity index (χ1v) is 6.68. The maximum Gasteiger partial charge on any atom is 0.123 e. The quantitative estimate of drug-likeness (QED) is 0.505. The number of rotatable bonds is 1. The third kappa shape index (κ3) is 2.51. The third-order valence-electron chi connectivity index (χ3n) is 3.81. The first-order valence-electron chi connectivity index (χ1n) is 6.68. The van der Waals surface area contributed by atoms with Crippen molar-refractivity contribution in [2.24, 2.45) is 0 Å². The summed E-state index contributed by atoms with van der Waals surface area (Å²) < 4.78 is 15.2. The van der Waals surface area contributed by atoms with E-state index in [4.69, 9.17) is 4.98 Å². The fourth-order valence-corrected chi connectivity index (χ4v) is 2.73. The molecule has 0 saturated heterocycles. The molecule has 1 aliphatic rings. The summed E-state index contributed by atoms with van der Waals surface area (Å²) in [7, 11) is 0. The van der Waals surface area contributed by atoms with Gasteiger partial charge in [-0.2, -0.15) is 0 Å². The maximum absolute atomic E-state index is 13.0. The van der Waals surface area contributed by atoms with Crippen LogP contribution in [0, 0.1) is 5.82 Å². The van der Waals surface area contributed by atoms with E-state index in [1.54, 1.807) is 12.1 Å². The summed E-state index contributed by atoms with van der Waals surface area (Å²) in [5.74, 6) is 0.855. The molecule has 1 aromatic heterocycles. The number of halogens is 2. The van der Waals surface area contributed by atoms with Gasteiger partial charge in [0.1, 0.15) is 11.6 Å². The van der Waals surface area contributed by atoms with Crippen molar-refractivity contribution in [1.82, 2.24) is 9.55 Å². The normalized spacial score (nSPS) is 12.2. The van der Waals surface area contributed by atoms with Gasteiger partial charge in [-0.15, -0.1) is 17.0 Å². The van der Waals surface area contributed by atoms with Gasteiger partial charge >= 0.3 is 0 Å². The molecule has 0 spiro atoms. The molecule has 4 rings (SSSR count). The zero-order chi connectivity index (χ0) is 13.5. The molecule has 1 aliphatic heterocycles. The highest BCUT2D eigenvalue weighted by molar-refractivity contribution is 8.93. The van der Waals surface area contributed by atoms with Crippen LogP contribution in [0.5, 0.6) is 0 Å². The molecule has 0 N–H and O–H groups in total. The van der Waals surface area contributed by atoms with E-state index < -0.39 is 0 Å². The largest absolute Gasteiger partial charge is 0.330 e. The number of nitrogens with zero attached hydrogens (tertiary/aromatic N) is 2. The molecule has 0 atom stereocenters. The Kier molecular flexibility index (Phi) is 3.64. The van der Waals surface area contributed by atoms with E-state index in [9.17, 15) is 4.39 Å². The Morgan fingerprint density at radius 1 is 0.952 bits per heavy atom. The number of fused-ring (bicyclic) bond motifs is 2. The Morgan fingerprint density at radius 2 is 1.67 bits per heavy atom. The summed E-state index contributed by atoms with van der Waals surface area (Å²) in [6.07, 6.45) is 2.91. The Hall–Kier alpha value is -1.94. The molecule has 0 aliphatic carbocycles. The second-order valence-electron chi connectivity index (χ2n) is 5.12. The average Bonchev–Trinajstić information content (AvgIpc) is 2.88. The smallest absolute Gasteiger partial charge is 0.123 e. The fourth-order valence-electron chi connectivity index (χ4n) is 2.73. The molecule has 106 valence electrons. The van der Waals surface area contributed by atoms with Crippen molar-refractivity contribution in [3.63, 3.8) is 0 Å². The van der Waals surface area contributed by atoms with Crippen LogP contribution in [-0.2, 0) is 13.0 Å². The summed E-state index contributed by atoms with van der Waals surface area (Å²) in [5, 5.41) is 0. The molecule has 21 heavy (non-hydrogen) atoms. The van der Waals surface area contributed by atoms with Crippen LogP contribution < -0.4 is 0 Å². The summed E-state index contributed by atoms with van der Waals surface area (Å²) in [6, 6.07) is 15.0. The molecule has 2 aromatic carbocycles. The second-order valence-corrected chi connectivity index (χ2v) is 5.12. The molecule has 4 heteroatoms. The first-order chi connectivity index (χ1) is 9.79. The van der Waals surface area contributed by atoms with Gasteiger partial charge in [-0.05, 0) is 35.4 Å².